The van der Waals surface area contributed by atoms with Gasteiger partial charge in [-0.25, -0.2) is 9.80 Å². The molecule has 1 amide bonds. The third-order valence-corrected chi connectivity index (χ3v) is 3.02. The highest BCUT2D eigenvalue weighted by Crippen LogP contribution is 2.08. The molecule has 0 aliphatic heterocycles. The second-order valence-corrected chi connectivity index (χ2v) is 6.51. The standard InChI is InChI=1S/C18H26N2O6/c1-18(2,3)26-15(21)10-11-20(12-16(22)24-4)19-17(23)25-13-14-8-6-5-7-9-14/h5-9H,10-13H2,1-4H3,(H,19,23). The largest absolute Gasteiger partial charge is 0.468 e. The predicted octanol–water partition coefficient (Wildman–Crippen LogP) is 2.03. The SMILES string of the molecule is COC(=O)CN(CCC(=O)OC(C)(C)C)NC(=O)OCc1ccccc1. The van der Waals surface area contributed by atoms with Crippen molar-refractivity contribution in [3.05, 3.63) is 35.9 Å². The van der Waals surface area contributed by atoms with E-state index in [1.54, 1.807) is 20.8 Å². The Balaban J connectivity index is 2.52. The Morgan fingerprint density at radius 1 is 1.08 bits per heavy atom. The first-order chi connectivity index (χ1) is 12.2. The first-order valence-electron chi connectivity index (χ1n) is 8.20. The first kappa shape index (κ1) is 21.4. The molecule has 1 N–H and O–H groups in total. The molecule has 0 aliphatic carbocycles. The zero-order valence-electron chi connectivity index (χ0n) is 15.6. The maximum absolute atomic E-state index is 11.9. The van der Waals surface area contributed by atoms with Gasteiger partial charge >= 0.3 is 18.0 Å². The van der Waals surface area contributed by atoms with Gasteiger partial charge in [-0.3, -0.25) is 15.0 Å². The number of esters is 2. The summed E-state index contributed by atoms with van der Waals surface area (Å²) in [6.45, 7) is 5.22. The van der Waals surface area contributed by atoms with Gasteiger partial charge in [-0.2, -0.15) is 0 Å². The molecule has 0 aromatic heterocycles. The minimum Gasteiger partial charge on any atom is -0.468 e. The first-order valence-corrected chi connectivity index (χ1v) is 8.20. The summed E-state index contributed by atoms with van der Waals surface area (Å²) < 4.78 is 14.9. The number of rotatable bonds is 8. The quantitative estimate of drug-likeness (QED) is 0.427. The molecule has 8 heteroatoms. The average molecular weight is 366 g/mol. The van der Waals surface area contributed by atoms with E-state index in [0.29, 0.717) is 0 Å². The number of benzene rings is 1. The lowest BCUT2D eigenvalue weighted by molar-refractivity contribution is -0.156. The van der Waals surface area contributed by atoms with E-state index in [4.69, 9.17) is 9.47 Å². The zero-order valence-corrected chi connectivity index (χ0v) is 15.6. The number of ether oxygens (including phenoxy) is 3. The highest BCUT2D eigenvalue weighted by atomic mass is 16.6. The normalized spacial score (nSPS) is 11.0. The van der Waals surface area contributed by atoms with Crippen molar-refractivity contribution in [1.82, 2.24) is 10.4 Å². The van der Waals surface area contributed by atoms with E-state index in [1.807, 2.05) is 30.3 Å². The minimum atomic E-state index is -0.734. The average Bonchev–Trinajstić information content (AvgIpc) is 2.57. The molecule has 0 unspecified atom stereocenters. The molecule has 0 fully saturated rings. The van der Waals surface area contributed by atoms with Crippen LogP contribution in [0.25, 0.3) is 0 Å². The summed E-state index contributed by atoms with van der Waals surface area (Å²) in [7, 11) is 1.24. The number of carbonyl (C=O) groups is 3. The second kappa shape index (κ2) is 10.4. The van der Waals surface area contributed by atoms with E-state index < -0.39 is 23.6 Å². The van der Waals surface area contributed by atoms with Crippen molar-refractivity contribution < 1.29 is 28.6 Å². The van der Waals surface area contributed by atoms with E-state index in [2.05, 4.69) is 10.2 Å². The van der Waals surface area contributed by atoms with Crippen molar-refractivity contribution >= 4 is 18.0 Å². The second-order valence-electron chi connectivity index (χ2n) is 6.51. The number of methoxy groups -OCH3 is 1. The summed E-state index contributed by atoms with van der Waals surface area (Å²) in [5.41, 5.74) is 2.66. The Bertz CT molecular complexity index is 597. The molecule has 1 aromatic rings. The van der Waals surface area contributed by atoms with Gasteiger partial charge in [0.05, 0.1) is 13.5 Å². The molecule has 1 rings (SSSR count). The van der Waals surface area contributed by atoms with Crippen LogP contribution < -0.4 is 5.43 Å². The van der Waals surface area contributed by atoms with Crippen molar-refractivity contribution in [2.75, 3.05) is 20.2 Å². The molecule has 0 heterocycles. The van der Waals surface area contributed by atoms with Crippen LogP contribution in [0, 0.1) is 0 Å². The van der Waals surface area contributed by atoms with Gasteiger partial charge in [-0.1, -0.05) is 30.3 Å². The molecular weight excluding hydrogens is 340 g/mol. The Hall–Kier alpha value is -2.61. The van der Waals surface area contributed by atoms with Crippen LogP contribution in [0.5, 0.6) is 0 Å². The van der Waals surface area contributed by atoms with E-state index in [1.165, 1.54) is 12.1 Å². The fourth-order valence-electron chi connectivity index (χ4n) is 1.90. The smallest absolute Gasteiger partial charge is 0.422 e. The number of nitrogens with zero attached hydrogens (tertiary/aromatic N) is 1. The molecule has 0 saturated carbocycles. The summed E-state index contributed by atoms with van der Waals surface area (Å²) in [6, 6.07) is 9.17. The molecule has 0 saturated heterocycles. The van der Waals surface area contributed by atoms with E-state index in [9.17, 15) is 14.4 Å². The predicted molar refractivity (Wildman–Crippen MR) is 93.8 cm³/mol. The van der Waals surface area contributed by atoms with Crippen molar-refractivity contribution in [3.8, 4) is 0 Å². The number of carbonyl (C=O) groups excluding carboxylic acids is 3. The lowest BCUT2D eigenvalue weighted by Crippen LogP contribution is -2.46. The summed E-state index contributed by atoms with van der Waals surface area (Å²) in [5, 5.41) is 1.25. The molecular formula is C18H26N2O6. The van der Waals surface area contributed by atoms with Crippen LogP contribution in [-0.2, 0) is 30.4 Å². The molecule has 0 atom stereocenters. The Morgan fingerprint density at radius 3 is 2.31 bits per heavy atom. The van der Waals surface area contributed by atoms with Crippen LogP contribution in [0.15, 0.2) is 30.3 Å². The molecule has 0 bridgehead atoms. The van der Waals surface area contributed by atoms with Crippen molar-refractivity contribution in [2.45, 2.75) is 39.4 Å². The van der Waals surface area contributed by atoms with E-state index >= 15 is 0 Å². The summed E-state index contributed by atoms with van der Waals surface area (Å²) in [4.78, 5) is 35.2. The Labute approximate surface area is 153 Å². The number of hydrazine groups is 1. The summed E-state index contributed by atoms with van der Waals surface area (Å²) >= 11 is 0. The fourth-order valence-corrected chi connectivity index (χ4v) is 1.90. The van der Waals surface area contributed by atoms with Crippen LogP contribution in [0.2, 0.25) is 0 Å². The van der Waals surface area contributed by atoms with Gasteiger partial charge in [0.1, 0.15) is 18.8 Å². The van der Waals surface area contributed by atoms with Crippen LogP contribution in [0.1, 0.15) is 32.8 Å². The molecule has 144 valence electrons. The van der Waals surface area contributed by atoms with Crippen LogP contribution in [0.4, 0.5) is 4.79 Å². The Kier molecular flexibility index (Phi) is 8.57. The van der Waals surface area contributed by atoms with Gasteiger partial charge in [-0.15, -0.1) is 0 Å². The van der Waals surface area contributed by atoms with Gasteiger partial charge in [0.15, 0.2) is 0 Å². The van der Waals surface area contributed by atoms with E-state index in [-0.39, 0.29) is 26.1 Å². The minimum absolute atomic E-state index is 0.00672. The van der Waals surface area contributed by atoms with E-state index in [0.717, 1.165) is 5.56 Å². The zero-order chi connectivity index (χ0) is 19.6. The molecule has 8 nitrogen and oxygen atoms in total. The van der Waals surface area contributed by atoms with Gasteiger partial charge < -0.3 is 14.2 Å². The monoisotopic (exact) mass is 366 g/mol. The van der Waals surface area contributed by atoms with Crippen molar-refractivity contribution in [2.24, 2.45) is 0 Å². The van der Waals surface area contributed by atoms with Crippen molar-refractivity contribution in [3.63, 3.8) is 0 Å². The highest BCUT2D eigenvalue weighted by Gasteiger charge is 2.20. The lowest BCUT2D eigenvalue weighted by Gasteiger charge is -2.23. The van der Waals surface area contributed by atoms with Gasteiger partial charge in [-0.05, 0) is 26.3 Å². The number of amides is 1. The van der Waals surface area contributed by atoms with Gasteiger partial charge in [0.2, 0.25) is 0 Å². The molecule has 0 radical (unpaired) electrons. The summed E-state index contributed by atoms with van der Waals surface area (Å²) in [5.74, 6) is -0.996. The topological polar surface area (TPSA) is 94.2 Å². The lowest BCUT2D eigenvalue weighted by atomic mass is 10.2. The van der Waals surface area contributed by atoms with Crippen molar-refractivity contribution in [1.29, 1.82) is 0 Å². The highest BCUT2D eigenvalue weighted by molar-refractivity contribution is 5.73. The fraction of sp³-hybridized carbons (Fsp3) is 0.500. The summed E-state index contributed by atoms with van der Waals surface area (Å²) in [6.07, 6.45) is -0.741. The van der Waals surface area contributed by atoms with Gasteiger partial charge in [0.25, 0.3) is 0 Å². The third kappa shape index (κ3) is 9.63. The van der Waals surface area contributed by atoms with Crippen LogP contribution >= 0.6 is 0 Å². The molecule has 0 aliphatic rings. The molecule has 26 heavy (non-hydrogen) atoms. The third-order valence-electron chi connectivity index (χ3n) is 3.02. The number of hydrogen-bond donors (Lipinski definition) is 1. The molecule has 0 spiro atoms. The molecule has 1 aromatic carbocycles. The number of nitrogens with one attached hydrogen (secondary N) is 1. The maximum Gasteiger partial charge on any atom is 0.422 e. The number of hydrogen-bond acceptors (Lipinski definition) is 7. The van der Waals surface area contributed by atoms with Gasteiger partial charge in [0, 0.05) is 6.54 Å². The Morgan fingerprint density at radius 2 is 1.73 bits per heavy atom. The van der Waals surface area contributed by atoms with Crippen LogP contribution in [-0.4, -0.2) is 48.8 Å². The van der Waals surface area contributed by atoms with Crippen LogP contribution in [0.3, 0.4) is 0 Å². The maximum atomic E-state index is 11.9.